The van der Waals surface area contributed by atoms with Crippen LogP contribution in [0.1, 0.15) is 52.4 Å². The number of anilines is 1. The average molecular weight is 571 g/mol. The van der Waals surface area contributed by atoms with Crippen molar-refractivity contribution in [1.82, 2.24) is 25.2 Å². The molecule has 3 heterocycles. The molecule has 12 nitrogen and oxygen atoms in total. The van der Waals surface area contributed by atoms with Gasteiger partial charge in [-0.1, -0.05) is 17.3 Å². The molecule has 12 heteroatoms. The Morgan fingerprint density at radius 1 is 1.15 bits per heavy atom. The molecule has 0 unspecified atom stereocenters. The van der Waals surface area contributed by atoms with Gasteiger partial charge in [0, 0.05) is 43.9 Å². The van der Waals surface area contributed by atoms with Crippen molar-refractivity contribution < 1.29 is 28.6 Å². The van der Waals surface area contributed by atoms with Gasteiger partial charge in [0.2, 0.25) is 0 Å². The third-order valence-corrected chi connectivity index (χ3v) is 7.94. The molecule has 2 aliphatic rings. The van der Waals surface area contributed by atoms with Gasteiger partial charge in [0.25, 0.3) is 0 Å². The maximum Gasteiger partial charge on any atom is 0.410 e. The van der Waals surface area contributed by atoms with Crippen LogP contribution in [0.25, 0.3) is 11.3 Å². The van der Waals surface area contributed by atoms with Gasteiger partial charge in [-0.05, 0) is 64.6 Å². The fourth-order valence-corrected chi connectivity index (χ4v) is 5.45. The summed E-state index contributed by atoms with van der Waals surface area (Å²) >= 11 is 0. The number of nitrogens with one attached hydrogen (secondary N) is 1. The number of aryl methyl sites for hydroxylation is 1. The number of methoxy groups -OCH3 is 1. The summed E-state index contributed by atoms with van der Waals surface area (Å²) < 4.78 is 18.5. The first-order valence-electron chi connectivity index (χ1n) is 14.5. The van der Waals surface area contributed by atoms with Crippen LogP contribution in [0.2, 0.25) is 0 Å². The van der Waals surface area contributed by atoms with E-state index >= 15 is 0 Å². The van der Waals surface area contributed by atoms with Crippen molar-refractivity contribution in [3.05, 3.63) is 30.5 Å². The molecule has 1 aromatic heterocycles. The number of nitrogens with zero attached hydrogens (tertiary/aromatic N) is 4. The molecular formula is C29H42N6O6. The Bertz CT molecular complexity index is 1190. The van der Waals surface area contributed by atoms with Crippen molar-refractivity contribution in [2.75, 3.05) is 32.5 Å². The summed E-state index contributed by atoms with van der Waals surface area (Å²) in [5, 5.41) is 12.0. The van der Waals surface area contributed by atoms with E-state index in [4.69, 9.17) is 19.9 Å². The number of nitrogens with two attached hydrogens (primary N) is 1. The van der Waals surface area contributed by atoms with Gasteiger partial charge in [-0.2, -0.15) is 0 Å². The summed E-state index contributed by atoms with van der Waals surface area (Å²) in [6, 6.07) is 7.07. The fraction of sp³-hybridized carbons (Fsp3) is 0.621. The van der Waals surface area contributed by atoms with Crippen molar-refractivity contribution in [2.45, 2.75) is 83.2 Å². The van der Waals surface area contributed by atoms with E-state index in [0.29, 0.717) is 25.2 Å². The highest BCUT2D eigenvalue weighted by Gasteiger charge is 2.45. The molecule has 0 bridgehead atoms. The number of benzene rings is 1. The number of esters is 1. The van der Waals surface area contributed by atoms with Crippen LogP contribution in [-0.2, 0) is 30.3 Å². The second-order valence-electron chi connectivity index (χ2n) is 10.9. The Kier molecular flexibility index (Phi) is 10.7. The smallest absolute Gasteiger partial charge is 0.410 e. The van der Waals surface area contributed by atoms with Crippen molar-refractivity contribution in [1.29, 1.82) is 0 Å². The van der Waals surface area contributed by atoms with Crippen LogP contribution in [-0.4, -0.2) is 88.8 Å². The first kappa shape index (κ1) is 30.4. The zero-order valence-corrected chi connectivity index (χ0v) is 24.2. The highest BCUT2D eigenvalue weighted by molar-refractivity contribution is 5.98. The summed E-state index contributed by atoms with van der Waals surface area (Å²) in [6.45, 7) is 5.33. The summed E-state index contributed by atoms with van der Waals surface area (Å²) in [6.07, 6.45) is 4.71. The Morgan fingerprint density at radius 3 is 2.73 bits per heavy atom. The number of nitrogen functional groups attached to an aromatic ring is 1. The van der Waals surface area contributed by atoms with Crippen LogP contribution in [0.15, 0.2) is 30.5 Å². The van der Waals surface area contributed by atoms with E-state index in [1.54, 1.807) is 23.6 Å². The molecule has 1 amide bonds. The van der Waals surface area contributed by atoms with Gasteiger partial charge in [0.15, 0.2) is 6.10 Å². The number of amides is 1. The van der Waals surface area contributed by atoms with Gasteiger partial charge >= 0.3 is 12.1 Å². The van der Waals surface area contributed by atoms with Crippen molar-refractivity contribution >= 4 is 23.5 Å². The predicted octanol–water partition coefficient (Wildman–Crippen LogP) is 2.81. The Morgan fingerprint density at radius 2 is 1.95 bits per heavy atom. The second-order valence-corrected chi connectivity index (χ2v) is 10.9. The fourth-order valence-electron chi connectivity index (χ4n) is 5.45. The van der Waals surface area contributed by atoms with Gasteiger partial charge in [-0.3, -0.25) is 19.2 Å². The summed E-state index contributed by atoms with van der Waals surface area (Å²) in [5.74, 6) is -1.65. The molecule has 0 spiro atoms. The molecule has 2 fully saturated rings. The largest absolute Gasteiger partial charge is 0.461 e. The minimum Gasteiger partial charge on any atom is -0.461 e. The number of cyclic esters (lactones) is 1. The minimum absolute atomic E-state index is 0.0584. The van der Waals surface area contributed by atoms with Gasteiger partial charge in [0.1, 0.15) is 24.0 Å². The van der Waals surface area contributed by atoms with Crippen LogP contribution in [0.3, 0.4) is 0 Å². The Hall–Kier alpha value is -3.51. The number of Topliss-reactive ketones (excluding diaryl/α,β-unsaturated/α-hetero) is 1. The normalized spacial score (nSPS) is 26.6. The lowest BCUT2D eigenvalue weighted by molar-refractivity contribution is -0.154. The van der Waals surface area contributed by atoms with E-state index in [9.17, 15) is 14.4 Å². The van der Waals surface area contributed by atoms with E-state index < -0.39 is 24.1 Å². The summed E-state index contributed by atoms with van der Waals surface area (Å²) in [5.41, 5.74) is 8.21. The number of ether oxygens (including phenoxy) is 3. The predicted molar refractivity (Wildman–Crippen MR) is 152 cm³/mol. The molecule has 2 saturated heterocycles. The van der Waals surface area contributed by atoms with Gasteiger partial charge in [-0.25, -0.2) is 4.79 Å². The number of aromatic nitrogens is 3. The quantitative estimate of drug-likeness (QED) is 0.220. The number of unbranched alkanes of at least 4 members (excludes halogenated alkanes) is 1. The number of hydrogen-bond acceptors (Lipinski definition) is 10. The van der Waals surface area contributed by atoms with E-state index in [0.717, 1.165) is 43.5 Å². The molecule has 1 aromatic carbocycles. The first-order chi connectivity index (χ1) is 19.8. The number of fused-ring (bicyclic) bond motifs is 1. The monoisotopic (exact) mass is 570 g/mol. The molecule has 3 N–H and O–H groups in total. The Balaban J connectivity index is 1.36. The molecule has 2 aliphatic heterocycles. The first-order valence-corrected chi connectivity index (χ1v) is 14.5. The zero-order valence-electron chi connectivity index (χ0n) is 24.2. The minimum atomic E-state index is -0.878. The van der Waals surface area contributed by atoms with Gasteiger partial charge in [-0.15, -0.1) is 5.10 Å². The van der Waals surface area contributed by atoms with E-state index in [-0.39, 0.29) is 37.0 Å². The number of rotatable bonds is 7. The average Bonchev–Trinajstić information content (AvgIpc) is 3.56. The Labute approximate surface area is 240 Å². The number of carbonyl (C=O) groups is 3. The van der Waals surface area contributed by atoms with Crippen molar-refractivity contribution in [2.24, 2.45) is 5.92 Å². The van der Waals surface area contributed by atoms with Crippen molar-refractivity contribution in [3.63, 3.8) is 0 Å². The topological polar surface area (TPSA) is 151 Å². The molecular weight excluding hydrogens is 528 g/mol. The number of carbonyl (C=O) groups excluding carboxylic acids is 3. The van der Waals surface area contributed by atoms with E-state index in [1.807, 2.05) is 37.4 Å². The molecule has 2 aromatic rings. The highest BCUT2D eigenvalue weighted by Crippen LogP contribution is 2.25. The molecule has 224 valence electrons. The standard InChI is InChI=1S/C29H42N6O6/c1-19-25(36)12-11-23(39-3)10-7-13-31-20(2)27-26(18-40-28(19)37)41-29(38)35(27)15-5-4-14-34-17-24(32-33-34)21-8-6-9-22(30)16-21/h6,8-9,16-17,19-20,23,26-27,31H,4-5,7,10-15,18,30H2,1-3H3/t19-,20-,23-,26-,27-/m1/s1. The van der Waals surface area contributed by atoms with Crippen LogP contribution in [0.5, 0.6) is 0 Å². The second kappa shape index (κ2) is 14.4. The third kappa shape index (κ3) is 8.04. The zero-order chi connectivity index (χ0) is 29.4. The lowest BCUT2D eigenvalue weighted by Gasteiger charge is -2.30. The summed E-state index contributed by atoms with van der Waals surface area (Å²) in [4.78, 5) is 39.9. The van der Waals surface area contributed by atoms with Crippen LogP contribution >= 0.6 is 0 Å². The van der Waals surface area contributed by atoms with Gasteiger partial charge < -0.3 is 25.3 Å². The maximum atomic E-state index is 12.9. The number of hydrogen-bond donors (Lipinski definition) is 2. The van der Waals surface area contributed by atoms with Gasteiger partial charge in [0.05, 0.1) is 18.3 Å². The molecule has 41 heavy (non-hydrogen) atoms. The van der Waals surface area contributed by atoms with E-state index in [2.05, 4.69) is 15.6 Å². The van der Waals surface area contributed by atoms with Crippen LogP contribution < -0.4 is 11.1 Å². The van der Waals surface area contributed by atoms with Crippen LogP contribution in [0, 0.1) is 5.92 Å². The third-order valence-electron chi connectivity index (χ3n) is 7.94. The molecule has 5 atom stereocenters. The van der Waals surface area contributed by atoms with Crippen molar-refractivity contribution in [3.8, 4) is 11.3 Å². The molecule has 4 rings (SSSR count). The lowest BCUT2D eigenvalue weighted by atomic mass is 9.99. The summed E-state index contributed by atoms with van der Waals surface area (Å²) in [7, 11) is 1.64. The molecule has 0 radical (unpaired) electrons. The highest BCUT2D eigenvalue weighted by atomic mass is 16.6. The number of ketones is 1. The van der Waals surface area contributed by atoms with E-state index in [1.165, 1.54) is 0 Å². The molecule has 0 aliphatic carbocycles. The molecule has 0 saturated carbocycles. The van der Waals surface area contributed by atoms with Crippen LogP contribution in [0.4, 0.5) is 10.5 Å². The SMILES string of the molecule is CO[C@@H]1CCCN[C@H](C)[C@@H]2[C@@H](COC(=O)[C@H](C)C(=O)CC1)OC(=O)N2CCCCn1cc(-c2cccc(N)c2)nn1. The lowest BCUT2D eigenvalue weighted by Crippen LogP contribution is -2.52. The maximum absolute atomic E-state index is 12.9.